The zero-order chi connectivity index (χ0) is 22.5. The number of nitrogens with zero attached hydrogens (tertiary/aromatic N) is 5. The second-order valence-corrected chi connectivity index (χ2v) is 7.44. The van der Waals surface area contributed by atoms with Gasteiger partial charge < -0.3 is 14.4 Å². The lowest BCUT2D eigenvalue weighted by atomic mass is 10.2. The average Bonchev–Trinajstić information content (AvgIpc) is 3.27. The van der Waals surface area contributed by atoms with E-state index in [1.54, 1.807) is 24.1 Å². The number of aromatic nitrogens is 3. The first kappa shape index (κ1) is 22.2. The highest BCUT2D eigenvalue weighted by Gasteiger charge is 2.21. The van der Waals surface area contributed by atoms with Crippen molar-refractivity contribution in [3.05, 3.63) is 64.2 Å². The summed E-state index contributed by atoms with van der Waals surface area (Å²) in [6, 6.07) is 8.33. The molecule has 1 N–H and O–H groups in total. The standard InChI is InChI=1S/C22H25FN6O2/c1-5-19-25-21(31-27-19)13-28(4)12-20(30)26-22-18(10-24)14(2)15(3)29(22)11-16-6-8-17(23)9-7-16/h6-9H,5,11-13H2,1-4H3,(H,26,30). The highest BCUT2D eigenvalue weighted by atomic mass is 19.1. The van der Waals surface area contributed by atoms with Crippen LogP contribution in [0.25, 0.3) is 0 Å². The Kier molecular flexibility index (Phi) is 6.82. The van der Waals surface area contributed by atoms with Crippen molar-refractivity contribution in [2.24, 2.45) is 0 Å². The Morgan fingerprint density at radius 1 is 1.32 bits per heavy atom. The van der Waals surface area contributed by atoms with Gasteiger partial charge in [0.05, 0.1) is 18.7 Å². The molecule has 1 amide bonds. The van der Waals surface area contributed by atoms with Crippen LogP contribution in [-0.4, -0.2) is 39.1 Å². The maximum atomic E-state index is 13.3. The number of halogens is 1. The number of carbonyl (C=O) groups excluding carboxylic acids is 1. The van der Waals surface area contributed by atoms with Gasteiger partial charge in [0.15, 0.2) is 5.82 Å². The van der Waals surface area contributed by atoms with Crippen molar-refractivity contribution in [3.8, 4) is 6.07 Å². The van der Waals surface area contributed by atoms with Crippen molar-refractivity contribution in [2.75, 3.05) is 18.9 Å². The van der Waals surface area contributed by atoms with Crippen molar-refractivity contribution in [2.45, 2.75) is 40.3 Å². The molecule has 0 bridgehead atoms. The van der Waals surface area contributed by atoms with Gasteiger partial charge in [0.1, 0.15) is 17.7 Å². The smallest absolute Gasteiger partial charge is 0.240 e. The number of amides is 1. The molecule has 0 spiro atoms. The molecular formula is C22H25FN6O2. The predicted octanol–water partition coefficient (Wildman–Crippen LogP) is 3.18. The molecule has 0 saturated carbocycles. The van der Waals surface area contributed by atoms with Gasteiger partial charge in [0, 0.05) is 18.7 Å². The van der Waals surface area contributed by atoms with E-state index in [2.05, 4.69) is 21.5 Å². The number of carbonyl (C=O) groups is 1. The highest BCUT2D eigenvalue weighted by molar-refractivity contribution is 5.93. The van der Waals surface area contributed by atoms with E-state index in [-0.39, 0.29) is 18.3 Å². The van der Waals surface area contributed by atoms with E-state index in [0.29, 0.717) is 42.6 Å². The number of hydrogen-bond acceptors (Lipinski definition) is 6. The molecular weight excluding hydrogens is 399 g/mol. The normalized spacial score (nSPS) is 11.0. The molecule has 9 heteroatoms. The topological polar surface area (TPSA) is 100.0 Å². The third-order valence-electron chi connectivity index (χ3n) is 5.10. The maximum Gasteiger partial charge on any atom is 0.240 e. The first-order valence-electron chi connectivity index (χ1n) is 9.96. The molecule has 0 radical (unpaired) electrons. The molecule has 3 rings (SSSR count). The Labute approximate surface area is 180 Å². The summed E-state index contributed by atoms with van der Waals surface area (Å²) in [7, 11) is 1.77. The van der Waals surface area contributed by atoms with Gasteiger partial charge in [-0.2, -0.15) is 10.2 Å². The van der Waals surface area contributed by atoms with Crippen LogP contribution in [-0.2, 0) is 24.3 Å². The van der Waals surface area contributed by atoms with Crippen molar-refractivity contribution < 1.29 is 13.7 Å². The first-order valence-corrected chi connectivity index (χ1v) is 9.96. The molecule has 31 heavy (non-hydrogen) atoms. The summed E-state index contributed by atoms with van der Waals surface area (Å²) in [5.41, 5.74) is 2.94. The number of likely N-dealkylation sites (N-methyl/N-ethyl adjacent to an activating group) is 1. The second-order valence-electron chi connectivity index (χ2n) is 7.44. The van der Waals surface area contributed by atoms with Crippen molar-refractivity contribution in [1.82, 2.24) is 19.6 Å². The summed E-state index contributed by atoms with van der Waals surface area (Å²) < 4.78 is 20.3. The van der Waals surface area contributed by atoms with E-state index in [1.807, 2.05) is 25.3 Å². The van der Waals surface area contributed by atoms with Gasteiger partial charge in [0.2, 0.25) is 11.8 Å². The molecule has 0 aliphatic carbocycles. The van der Waals surface area contributed by atoms with Gasteiger partial charge in [-0.15, -0.1) is 0 Å². The third kappa shape index (κ3) is 5.16. The quantitative estimate of drug-likeness (QED) is 0.596. The summed E-state index contributed by atoms with van der Waals surface area (Å²) in [6.45, 7) is 6.49. The minimum absolute atomic E-state index is 0.0779. The summed E-state index contributed by atoms with van der Waals surface area (Å²) in [6.07, 6.45) is 0.675. The number of hydrogen-bond donors (Lipinski definition) is 1. The molecule has 8 nitrogen and oxygen atoms in total. The Hall–Kier alpha value is -3.51. The fourth-order valence-electron chi connectivity index (χ4n) is 3.30. The molecule has 162 valence electrons. The van der Waals surface area contributed by atoms with Crippen LogP contribution in [0.5, 0.6) is 0 Å². The van der Waals surface area contributed by atoms with Crippen molar-refractivity contribution in [3.63, 3.8) is 0 Å². The van der Waals surface area contributed by atoms with Gasteiger partial charge in [-0.1, -0.05) is 24.2 Å². The van der Waals surface area contributed by atoms with Gasteiger partial charge in [0.25, 0.3) is 0 Å². The summed E-state index contributed by atoms with van der Waals surface area (Å²) in [5, 5.41) is 16.4. The molecule has 0 atom stereocenters. The van der Waals surface area contributed by atoms with Crippen LogP contribution in [0, 0.1) is 31.0 Å². The molecule has 0 saturated heterocycles. The number of benzene rings is 1. The van der Waals surface area contributed by atoms with Crippen LogP contribution < -0.4 is 5.32 Å². The zero-order valence-electron chi connectivity index (χ0n) is 18.1. The van der Waals surface area contributed by atoms with Crippen molar-refractivity contribution in [1.29, 1.82) is 5.26 Å². The van der Waals surface area contributed by atoms with Crippen LogP contribution in [0.15, 0.2) is 28.8 Å². The third-order valence-corrected chi connectivity index (χ3v) is 5.10. The maximum absolute atomic E-state index is 13.3. The Balaban J connectivity index is 1.76. The lowest BCUT2D eigenvalue weighted by molar-refractivity contribution is -0.117. The minimum Gasteiger partial charge on any atom is -0.338 e. The number of aryl methyl sites for hydroxylation is 1. The van der Waals surface area contributed by atoms with Crippen LogP contribution in [0.1, 0.15) is 41.0 Å². The van der Waals surface area contributed by atoms with Crippen LogP contribution in [0.2, 0.25) is 0 Å². The van der Waals surface area contributed by atoms with Gasteiger partial charge in [-0.05, 0) is 44.2 Å². The Bertz CT molecular complexity index is 1110. The highest BCUT2D eigenvalue weighted by Crippen LogP contribution is 2.27. The number of nitrogens with one attached hydrogen (secondary N) is 1. The van der Waals surface area contributed by atoms with Gasteiger partial charge in [-0.25, -0.2) is 4.39 Å². The monoisotopic (exact) mass is 424 g/mol. The Morgan fingerprint density at radius 2 is 2.03 bits per heavy atom. The zero-order valence-corrected chi connectivity index (χ0v) is 18.1. The largest absolute Gasteiger partial charge is 0.338 e. The summed E-state index contributed by atoms with van der Waals surface area (Å²) >= 11 is 0. The fourth-order valence-corrected chi connectivity index (χ4v) is 3.30. The fraction of sp³-hybridized carbons (Fsp3) is 0.364. The van der Waals surface area contributed by atoms with Crippen molar-refractivity contribution >= 4 is 11.7 Å². The second kappa shape index (κ2) is 9.53. The van der Waals surface area contributed by atoms with Gasteiger partial charge >= 0.3 is 0 Å². The number of anilines is 1. The molecule has 2 aromatic heterocycles. The number of rotatable bonds is 8. The lowest BCUT2D eigenvalue weighted by Gasteiger charge is -2.16. The molecule has 2 heterocycles. The van der Waals surface area contributed by atoms with E-state index in [1.165, 1.54) is 12.1 Å². The number of nitriles is 1. The molecule has 0 fully saturated rings. The predicted molar refractivity (Wildman–Crippen MR) is 113 cm³/mol. The van der Waals surface area contributed by atoms with E-state index >= 15 is 0 Å². The van der Waals surface area contributed by atoms with Crippen LogP contribution in [0.4, 0.5) is 10.2 Å². The summed E-state index contributed by atoms with van der Waals surface area (Å²) in [4.78, 5) is 18.7. The molecule has 3 aromatic rings. The Morgan fingerprint density at radius 3 is 2.65 bits per heavy atom. The van der Waals surface area contributed by atoms with Crippen LogP contribution in [0.3, 0.4) is 0 Å². The molecule has 0 aliphatic heterocycles. The van der Waals surface area contributed by atoms with Gasteiger partial charge in [-0.3, -0.25) is 9.69 Å². The van der Waals surface area contributed by atoms with E-state index in [4.69, 9.17) is 4.52 Å². The molecule has 0 aliphatic rings. The first-order chi connectivity index (χ1) is 14.8. The van der Waals surface area contributed by atoms with Crippen LogP contribution >= 0.6 is 0 Å². The van der Waals surface area contributed by atoms with E-state index in [9.17, 15) is 14.4 Å². The average molecular weight is 424 g/mol. The van der Waals surface area contributed by atoms with E-state index < -0.39 is 0 Å². The minimum atomic E-state index is -0.314. The molecule has 0 unspecified atom stereocenters. The molecule has 1 aromatic carbocycles. The SMILES string of the molecule is CCc1noc(CN(C)CC(=O)Nc2c(C#N)c(C)c(C)n2Cc2ccc(F)cc2)n1. The van der Waals surface area contributed by atoms with E-state index in [0.717, 1.165) is 16.8 Å². The summed E-state index contributed by atoms with van der Waals surface area (Å²) in [5.74, 6) is 0.913. The lowest BCUT2D eigenvalue weighted by Crippen LogP contribution is -2.31.